The minimum atomic E-state index is 0.264. The van der Waals surface area contributed by atoms with E-state index in [1.54, 1.807) is 0 Å². The summed E-state index contributed by atoms with van der Waals surface area (Å²) in [6.45, 7) is 1.79. The van der Waals surface area contributed by atoms with E-state index in [1.807, 2.05) is 0 Å². The fourth-order valence-corrected chi connectivity index (χ4v) is 2.35. The van der Waals surface area contributed by atoms with Crippen LogP contribution in [0.1, 0.15) is 25.7 Å². The topological polar surface area (TPSA) is 21.3 Å². The second-order valence-electron chi connectivity index (χ2n) is 3.97. The Hall–Kier alpha value is 0.210. The monoisotopic (exact) mass is 189 g/mol. The molecule has 1 N–H and O–H groups in total. The van der Waals surface area contributed by atoms with Gasteiger partial charge in [0.2, 0.25) is 0 Å². The van der Waals surface area contributed by atoms with Gasteiger partial charge in [-0.3, -0.25) is 0 Å². The first-order valence-electron chi connectivity index (χ1n) is 4.76. The first-order valence-corrected chi connectivity index (χ1v) is 5.29. The largest absolute Gasteiger partial charge is 0.380 e. The van der Waals surface area contributed by atoms with Crippen LogP contribution in [0.15, 0.2) is 0 Å². The third-order valence-electron chi connectivity index (χ3n) is 3.01. The fraction of sp³-hybridized carbons (Fsp3) is 1.00. The Bertz CT molecular complexity index is 147. The minimum Gasteiger partial charge on any atom is -0.380 e. The molecule has 0 aromatic carbocycles. The van der Waals surface area contributed by atoms with Crippen molar-refractivity contribution in [1.29, 1.82) is 0 Å². The zero-order valence-corrected chi connectivity index (χ0v) is 8.07. The van der Waals surface area contributed by atoms with Gasteiger partial charge in [-0.25, -0.2) is 0 Å². The second kappa shape index (κ2) is 3.52. The van der Waals surface area contributed by atoms with E-state index < -0.39 is 0 Å². The summed E-state index contributed by atoms with van der Waals surface area (Å²) in [5.41, 5.74) is 0.264. The van der Waals surface area contributed by atoms with E-state index in [0.29, 0.717) is 6.04 Å². The summed E-state index contributed by atoms with van der Waals surface area (Å²) in [7, 11) is 0. The molecule has 0 aromatic heterocycles. The van der Waals surface area contributed by atoms with E-state index in [9.17, 15) is 0 Å². The lowest BCUT2D eigenvalue weighted by Gasteiger charge is -2.43. The van der Waals surface area contributed by atoms with Crippen LogP contribution < -0.4 is 5.32 Å². The lowest BCUT2D eigenvalue weighted by Crippen LogP contribution is -2.56. The molecule has 1 aliphatic heterocycles. The maximum Gasteiger partial charge on any atom is 0.0620 e. The molecule has 1 heterocycles. The predicted octanol–water partition coefficient (Wildman–Crippen LogP) is 1.53. The summed E-state index contributed by atoms with van der Waals surface area (Å²) < 4.78 is 5.31. The SMILES string of the molecule is ClCC1(NC2CCOC2)CCC1. The maximum atomic E-state index is 5.94. The van der Waals surface area contributed by atoms with Crippen molar-refractivity contribution in [3.8, 4) is 0 Å². The number of ether oxygens (including phenoxy) is 1. The molecule has 3 heteroatoms. The molecule has 0 spiro atoms. The Morgan fingerprint density at radius 3 is 2.75 bits per heavy atom. The number of alkyl halides is 1. The number of rotatable bonds is 3. The van der Waals surface area contributed by atoms with Crippen LogP contribution in [0.5, 0.6) is 0 Å². The van der Waals surface area contributed by atoms with Gasteiger partial charge in [-0.2, -0.15) is 0 Å². The van der Waals surface area contributed by atoms with Crippen LogP contribution in [0.2, 0.25) is 0 Å². The van der Waals surface area contributed by atoms with Gasteiger partial charge in [0.05, 0.1) is 6.61 Å². The fourth-order valence-electron chi connectivity index (χ4n) is 2.00. The van der Waals surface area contributed by atoms with Crippen LogP contribution in [0.4, 0.5) is 0 Å². The van der Waals surface area contributed by atoms with Crippen molar-refractivity contribution < 1.29 is 4.74 Å². The Kier molecular flexibility index (Phi) is 2.58. The van der Waals surface area contributed by atoms with Crippen LogP contribution in [-0.2, 0) is 4.74 Å². The molecule has 1 saturated carbocycles. The molecule has 70 valence electrons. The summed E-state index contributed by atoms with van der Waals surface area (Å²) >= 11 is 5.94. The van der Waals surface area contributed by atoms with Crippen LogP contribution >= 0.6 is 11.6 Å². The Morgan fingerprint density at radius 1 is 1.50 bits per heavy atom. The number of halogens is 1. The highest BCUT2D eigenvalue weighted by atomic mass is 35.5. The molecule has 0 bridgehead atoms. The minimum absolute atomic E-state index is 0.264. The molecule has 1 atom stereocenters. The zero-order valence-electron chi connectivity index (χ0n) is 7.31. The van der Waals surface area contributed by atoms with Crippen molar-refractivity contribution in [2.24, 2.45) is 0 Å². The van der Waals surface area contributed by atoms with Crippen LogP contribution in [0, 0.1) is 0 Å². The van der Waals surface area contributed by atoms with Gasteiger partial charge in [0.25, 0.3) is 0 Å². The summed E-state index contributed by atoms with van der Waals surface area (Å²) in [4.78, 5) is 0. The Labute approximate surface area is 78.6 Å². The van der Waals surface area contributed by atoms with Gasteiger partial charge >= 0.3 is 0 Å². The molecule has 2 nitrogen and oxygen atoms in total. The van der Waals surface area contributed by atoms with E-state index in [2.05, 4.69) is 5.32 Å². The van der Waals surface area contributed by atoms with Gasteiger partial charge in [0.15, 0.2) is 0 Å². The van der Waals surface area contributed by atoms with Crippen molar-refractivity contribution in [3.63, 3.8) is 0 Å². The number of nitrogens with one attached hydrogen (secondary N) is 1. The van der Waals surface area contributed by atoms with E-state index in [-0.39, 0.29) is 5.54 Å². The standard InChI is InChI=1S/C9H16ClNO/c10-7-9(3-1-4-9)11-8-2-5-12-6-8/h8,11H,1-7H2. The van der Waals surface area contributed by atoms with Crippen molar-refractivity contribution in [1.82, 2.24) is 5.32 Å². The highest BCUT2D eigenvalue weighted by Crippen LogP contribution is 2.33. The van der Waals surface area contributed by atoms with Gasteiger partial charge in [0, 0.05) is 24.1 Å². The Balaban J connectivity index is 1.83. The molecule has 1 unspecified atom stereocenters. The van der Waals surface area contributed by atoms with Gasteiger partial charge in [-0.05, 0) is 25.7 Å². The highest BCUT2D eigenvalue weighted by molar-refractivity contribution is 6.18. The molecule has 0 amide bonds. The van der Waals surface area contributed by atoms with Crippen molar-refractivity contribution >= 4 is 11.6 Å². The summed E-state index contributed by atoms with van der Waals surface area (Å²) in [5.74, 6) is 0.753. The normalized spacial score (nSPS) is 33.2. The number of hydrogen-bond acceptors (Lipinski definition) is 2. The zero-order chi connectivity index (χ0) is 8.44. The van der Waals surface area contributed by atoms with Gasteiger partial charge < -0.3 is 10.1 Å². The van der Waals surface area contributed by atoms with Crippen molar-refractivity contribution in [2.75, 3.05) is 19.1 Å². The first kappa shape index (κ1) is 8.79. The van der Waals surface area contributed by atoms with E-state index in [0.717, 1.165) is 25.5 Å². The molecular weight excluding hydrogens is 174 g/mol. The quantitative estimate of drug-likeness (QED) is 0.680. The van der Waals surface area contributed by atoms with Gasteiger partial charge in [0.1, 0.15) is 0 Å². The van der Waals surface area contributed by atoms with E-state index in [1.165, 1.54) is 19.3 Å². The summed E-state index contributed by atoms with van der Waals surface area (Å²) in [6, 6.07) is 0.559. The third-order valence-corrected chi connectivity index (χ3v) is 3.52. The van der Waals surface area contributed by atoms with E-state index in [4.69, 9.17) is 16.3 Å². The third kappa shape index (κ3) is 1.61. The van der Waals surface area contributed by atoms with E-state index >= 15 is 0 Å². The lowest BCUT2D eigenvalue weighted by atomic mass is 9.78. The first-order chi connectivity index (χ1) is 5.85. The van der Waals surface area contributed by atoms with Crippen LogP contribution in [0.3, 0.4) is 0 Å². The average Bonchev–Trinajstić information content (AvgIpc) is 2.49. The molecule has 12 heavy (non-hydrogen) atoms. The molecule has 1 saturated heterocycles. The predicted molar refractivity (Wildman–Crippen MR) is 49.7 cm³/mol. The summed E-state index contributed by atoms with van der Waals surface area (Å²) in [5, 5.41) is 3.62. The van der Waals surface area contributed by atoms with Crippen molar-refractivity contribution in [3.05, 3.63) is 0 Å². The molecule has 0 aromatic rings. The van der Waals surface area contributed by atoms with Gasteiger partial charge in [-0.1, -0.05) is 0 Å². The van der Waals surface area contributed by atoms with Crippen LogP contribution in [0.25, 0.3) is 0 Å². The maximum absolute atomic E-state index is 5.94. The average molecular weight is 190 g/mol. The molecule has 2 aliphatic rings. The highest BCUT2D eigenvalue weighted by Gasteiger charge is 2.38. The molecule has 0 radical (unpaired) electrons. The van der Waals surface area contributed by atoms with Crippen LogP contribution in [-0.4, -0.2) is 30.7 Å². The van der Waals surface area contributed by atoms with Crippen molar-refractivity contribution in [2.45, 2.75) is 37.3 Å². The summed E-state index contributed by atoms with van der Waals surface area (Å²) in [6.07, 6.45) is 4.96. The number of hydrogen-bond donors (Lipinski definition) is 1. The molecule has 2 fully saturated rings. The smallest absolute Gasteiger partial charge is 0.0620 e. The lowest BCUT2D eigenvalue weighted by molar-refractivity contribution is 0.157. The Morgan fingerprint density at radius 2 is 2.33 bits per heavy atom. The second-order valence-corrected chi connectivity index (χ2v) is 4.24. The molecule has 1 aliphatic carbocycles. The molecule has 2 rings (SSSR count). The van der Waals surface area contributed by atoms with Gasteiger partial charge in [-0.15, -0.1) is 11.6 Å². The molecular formula is C9H16ClNO.